The summed E-state index contributed by atoms with van der Waals surface area (Å²) in [4.78, 5) is 12.2. The van der Waals surface area contributed by atoms with Crippen LogP contribution in [0.25, 0.3) is 0 Å². The van der Waals surface area contributed by atoms with E-state index in [2.05, 4.69) is 10.0 Å². The second kappa shape index (κ2) is 6.72. The molecule has 0 spiro atoms. The van der Waals surface area contributed by atoms with E-state index in [1.165, 1.54) is 19.2 Å². The van der Waals surface area contributed by atoms with Gasteiger partial charge in [-0.15, -0.1) is 0 Å². The topological polar surface area (TPSA) is 75.3 Å². The van der Waals surface area contributed by atoms with Gasteiger partial charge in [-0.25, -0.2) is 13.1 Å². The average Bonchev–Trinajstić information content (AvgIpc) is 2.54. The quantitative estimate of drug-likeness (QED) is 0.883. The fourth-order valence-electron chi connectivity index (χ4n) is 1.91. The Bertz CT molecular complexity index is 768. The van der Waals surface area contributed by atoms with Crippen LogP contribution in [0.4, 0.5) is 0 Å². The van der Waals surface area contributed by atoms with Crippen molar-refractivity contribution in [3.05, 3.63) is 65.2 Å². The molecule has 0 atom stereocenters. The van der Waals surface area contributed by atoms with Crippen molar-refractivity contribution in [2.75, 3.05) is 7.05 Å². The van der Waals surface area contributed by atoms with Gasteiger partial charge in [0.05, 0.1) is 4.90 Å². The lowest BCUT2D eigenvalue weighted by molar-refractivity contribution is 0.0950. The van der Waals surface area contributed by atoms with Crippen LogP contribution < -0.4 is 10.0 Å². The summed E-state index contributed by atoms with van der Waals surface area (Å²) < 4.78 is 25.7. The number of carbonyl (C=O) groups excluding carboxylic acids is 1. The second-order valence-electron chi connectivity index (χ2n) is 4.90. The van der Waals surface area contributed by atoms with Crippen LogP contribution in [0.5, 0.6) is 0 Å². The first-order valence-corrected chi connectivity index (χ1v) is 8.28. The standard InChI is InChI=1S/C16H18N2O3S/c1-12-6-8-13(9-7-12)11-18-16(19)14-4-3-5-15(10-14)22(20,21)17-2/h3-10,17H,11H2,1-2H3,(H,18,19). The molecule has 0 saturated carbocycles. The van der Waals surface area contributed by atoms with Gasteiger partial charge in [0.15, 0.2) is 0 Å². The van der Waals surface area contributed by atoms with Crippen LogP contribution in [0.2, 0.25) is 0 Å². The first-order valence-electron chi connectivity index (χ1n) is 6.80. The first kappa shape index (κ1) is 16.2. The Labute approximate surface area is 130 Å². The van der Waals surface area contributed by atoms with E-state index in [1.54, 1.807) is 12.1 Å². The number of hydrogen-bond donors (Lipinski definition) is 2. The predicted octanol–water partition coefficient (Wildman–Crippen LogP) is 1.83. The van der Waals surface area contributed by atoms with Crippen molar-refractivity contribution in [1.82, 2.24) is 10.0 Å². The van der Waals surface area contributed by atoms with Crippen LogP contribution in [-0.2, 0) is 16.6 Å². The van der Waals surface area contributed by atoms with E-state index in [-0.39, 0.29) is 10.8 Å². The molecular formula is C16H18N2O3S. The van der Waals surface area contributed by atoms with Crippen LogP contribution >= 0.6 is 0 Å². The van der Waals surface area contributed by atoms with E-state index in [9.17, 15) is 13.2 Å². The molecule has 0 bridgehead atoms. The lowest BCUT2D eigenvalue weighted by Crippen LogP contribution is -2.24. The summed E-state index contributed by atoms with van der Waals surface area (Å²) >= 11 is 0. The summed E-state index contributed by atoms with van der Waals surface area (Å²) in [6.07, 6.45) is 0. The lowest BCUT2D eigenvalue weighted by Gasteiger charge is -2.08. The summed E-state index contributed by atoms with van der Waals surface area (Å²) in [7, 11) is -2.22. The summed E-state index contributed by atoms with van der Waals surface area (Å²) in [5.74, 6) is -0.311. The number of benzene rings is 2. The monoisotopic (exact) mass is 318 g/mol. The minimum atomic E-state index is -3.56. The zero-order valence-corrected chi connectivity index (χ0v) is 13.3. The zero-order chi connectivity index (χ0) is 16.2. The molecule has 0 heterocycles. The number of amides is 1. The molecule has 0 unspecified atom stereocenters. The van der Waals surface area contributed by atoms with E-state index in [0.717, 1.165) is 11.1 Å². The lowest BCUT2D eigenvalue weighted by atomic mass is 10.1. The molecular weight excluding hydrogens is 300 g/mol. The van der Waals surface area contributed by atoms with Crippen molar-refractivity contribution in [2.45, 2.75) is 18.4 Å². The maximum Gasteiger partial charge on any atom is 0.251 e. The molecule has 5 nitrogen and oxygen atoms in total. The summed E-state index contributed by atoms with van der Waals surface area (Å²) in [6.45, 7) is 2.39. The number of sulfonamides is 1. The minimum Gasteiger partial charge on any atom is -0.348 e. The summed E-state index contributed by atoms with van der Waals surface area (Å²) in [5.41, 5.74) is 2.45. The largest absolute Gasteiger partial charge is 0.348 e. The fraction of sp³-hybridized carbons (Fsp3) is 0.188. The molecule has 0 aliphatic heterocycles. The Hall–Kier alpha value is -2.18. The van der Waals surface area contributed by atoms with Crippen molar-refractivity contribution in [1.29, 1.82) is 0 Å². The molecule has 2 aromatic carbocycles. The van der Waals surface area contributed by atoms with E-state index >= 15 is 0 Å². The smallest absolute Gasteiger partial charge is 0.251 e. The maximum atomic E-state index is 12.1. The van der Waals surface area contributed by atoms with Gasteiger partial charge in [0.1, 0.15) is 0 Å². The maximum absolute atomic E-state index is 12.1. The Morgan fingerprint density at radius 3 is 2.41 bits per heavy atom. The number of carbonyl (C=O) groups is 1. The second-order valence-corrected chi connectivity index (χ2v) is 6.79. The van der Waals surface area contributed by atoms with Crippen LogP contribution in [0.1, 0.15) is 21.5 Å². The Morgan fingerprint density at radius 1 is 1.09 bits per heavy atom. The first-order chi connectivity index (χ1) is 10.4. The Kier molecular flexibility index (Phi) is 4.95. The van der Waals surface area contributed by atoms with Gasteiger partial charge in [0.2, 0.25) is 10.0 Å². The van der Waals surface area contributed by atoms with E-state index in [4.69, 9.17) is 0 Å². The van der Waals surface area contributed by atoms with Gasteiger partial charge in [-0.05, 0) is 37.7 Å². The van der Waals surface area contributed by atoms with Gasteiger partial charge in [-0.3, -0.25) is 4.79 Å². The highest BCUT2D eigenvalue weighted by molar-refractivity contribution is 7.89. The highest BCUT2D eigenvalue weighted by Gasteiger charge is 2.14. The zero-order valence-electron chi connectivity index (χ0n) is 12.5. The van der Waals surface area contributed by atoms with Gasteiger partial charge >= 0.3 is 0 Å². The van der Waals surface area contributed by atoms with Crippen LogP contribution in [0.3, 0.4) is 0 Å². The molecule has 6 heteroatoms. The van der Waals surface area contributed by atoms with Gasteiger partial charge in [0, 0.05) is 12.1 Å². The molecule has 1 amide bonds. The Morgan fingerprint density at radius 2 is 1.77 bits per heavy atom. The summed E-state index contributed by atoms with van der Waals surface area (Å²) in [5, 5.41) is 2.78. The molecule has 2 rings (SSSR count). The number of nitrogens with one attached hydrogen (secondary N) is 2. The molecule has 116 valence electrons. The normalized spacial score (nSPS) is 11.2. The molecule has 0 radical (unpaired) electrons. The average molecular weight is 318 g/mol. The molecule has 22 heavy (non-hydrogen) atoms. The molecule has 0 aliphatic carbocycles. The highest BCUT2D eigenvalue weighted by atomic mass is 32.2. The third-order valence-electron chi connectivity index (χ3n) is 3.25. The van der Waals surface area contributed by atoms with Gasteiger partial charge in [-0.2, -0.15) is 0 Å². The molecule has 2 N–H and O–H groups in total. The van der Waals surface area contributed by atoms with Crippen LogP contribution in [0, 0.1) is 6.92 Å². The van der Waals surface area contributed by atoms with Crippen molar-refractivity contribution in [3.63, 3.8) is 0 Å². The van der Waals surface area contributed by atoms with Gasteiger partial charge in [0.25, 0.3) is 5.91 Å². The van der Waals surface area contributed by atoms with E-state index < -0.39 is 10.0 Å². The third kappa shape index (κ3) is 3.93. The SMILES string of the molecule is CNS(=O)(=O)c1cccc(C(=O)NCc2ccc(C)cc2)c1. The van der Waals surface area contributed by atoms with Crippen molar-refractivity contribution in [2.24, 2.45) is 0 Å². The fourth-order valence-corrected chi connectivity index (χ4v) is 2.69. The molecule has 0 saturated heterocycles. The number of aryl methyl sites for hydroxylation is 1. The van der Waals surface area contributed by atoms with Crippen molar-refractivity contribution >= 4 is 15.9 Å². The van der Waals surface area contributed by atoms with E-state index in [1.807, 2.05) is 31.2 Å². The van der Waals surface area contributed by atoms with Gasteiger partial charge in [-0.1, -0.05) is 35.9 Å². The molecule has 0 aromatic heterocycles. The van der Waals surface area contributed by atoms with Crippen molar-refractivity contribution < 1.29 is 13.2 Å². The van der Waals surface area contributed by atoms with Crippen LogP contribution in [-0.4, -0.2) is 21.4 Å². The molecule has 0 aliphatic rings. The van der Waals surface area contributed by atoms with E-state index in [0.29, 0.717) is 12.1 Å². The third-order valence-corrected chi connectivity index (χ3v) is 4.66. The Balaban J connectivity index is 2.10. The number of hydrogen-bond acceptors (Lipinski definition) is 3. The summed E-state index contributed by atoms with van der Waals surface area (Å²) in [6, 6.07) is 13.8. The highest BCUT2D eigenvalue weighted by Crippen LogP contribution is 2.11. The number of rotatable bonds is 5. The predicted molar refractivity (Wildman–Crippen MR) is 85.0 cm³/mol. The van der Waals surface area contributed by atoms with Gasteiger partial charge < -0.3 is 5.32 Å². The molecule has 2 aromatic rings. The molecule has 0 fully saturated rings. The van der Waals surface area contributed by atoms with Crippen molar-refractivity contribution in [3.8, 4) is 0 Å². The minimum absolute atomic E-state index is 0.0676. The van der Waals surface area contributed by atoms with Crippen LogP contribution in [0.15, 0.2) is 53.4 Å².